The molecule has 0 saturated carbocycles. The van der Waals surface area contributed by atoms with Crippen LogP contribution in [-0.2, 0) is 0 Å². The van der Waals surface area contributed by atoms with Gasteiger partial charge in [0.05, 0.1) is 0 Å². The van der Waals surface area contributed by atoms with E-state index in [4.69, 9.17) is 10.4 Å². The lowest BCUT2D eigenvalue weighted by molar-refractivity contribution is 0.320. The average molecular weight is 284 g/mol. The van der Waals surface area contributed by atoms with Gasteiger partial charge in [0.1, 0.15) is 5.04 Å². The molecule has 0 aliphatic carbocycles. The minimum atomic E-state index is 0.816. The Hall–Kier alpha value is 0.340. The summed E-state index contributed by atoms with van der Waals surface area (Å²) in [4.78, 5) is 0. The highest BCUT2D eigenvalue weighted by Crippen LogP contribution is 2.24. The molecule has 0 atom stereocenters. The van der Waals surface area contributed by atoms with E-state index in [1.54, 1.807) is 47.0 Å². The third kappa shape index (κ3) is 5.84. The predicted octanol–water partition coefficient (Wildman–Crippen LogP) is 2.81. The van der Waals surface area contributed by atoms with E-state index < -0.39 is 0 Å². The van der Waals surface area contributed by atoms with E-state index in [0.717, 1.165) is 31.8 Å². The highest BCUT2D eigenvalue weighted by molar-refractivity contribution is 8.39. The molecule has 2 aliphatic heterocycles. The molecule has 2 fully saturated rings. The number of oxime groups is 2. The summed E-state index contributed by atoms with van der Waals surface area (Å²) in [6.07, 6.45) is 1.23. The quantitative estimate of drug-likeness (QED) is 0.527. The summed E-state index contributed by atoms with van der Waals surface area (Å²) in [6, 6.07) is 0. The lowest BCUT2D eigenvalue weighted by Gasteiger charge is -2.07. The molecule has 8 heteroatoms. The van der Waals surface area contributed by atoms with Gasteiger partial charge in [0.2, 0.25) is 0 Å². The SMILES string of the molecule is O/N=C1/CSCS1.ON=C1SCCCS1. The fraction of sp³-hybridized carbons (Fsp3) is 0.714. The minimum absolute atomic E-state index is 0.816. The zero-order chi connectivity index (χ0) is 10.9. The van der Waals surface area contributed by atoms with Crippen molar-refractivity contribution in [2.24, 2.45) is 10.3 Å². The van der Waals surface area contributed by atoms with Crippen molar-refractivity contribution in [3.8, 4) is 0 Å². The first-order valence-electron chi connectivity index (χ1n) is 4.26. The fourth-order valence-corrected chi connectivity index (χ4v) is 4.96. The van der Waals surface area contributed by atoms with E-state index >= 15 is 0 Å². The van der Waals surface area contributed by atoms with Gasteiger partial charge in [-0.2, -0.15) is 0 Å². The van der Waals surface area contributed by atoms with Crippen molar-refractivity contribution in [2.45, 2.75) is 6.42 Å². The lowest BCUT2D eigenvalue weighted by atomic mass is 10.6. The Morgan fingerprint density at radius 3 is 2.07 bits per heavy atom. The topological polar surface area (TPSA) is 65.2 Å². The Bertz CT molecular complexity index is 231. The van der Waals surface area contributed by atoms with Crippen molar-refractivity contribution in [3.05, 3.63) is 0 Å². The van der Waals surface area contributed by atoms with Crippen LogP contribution in [0.1, 0.15) is 6.42 Å². The predicted molar refractivity (Wildman–Crippen MR) is 72.9 cm³/mol. The Balaban J connectivity index is 0.000000151. The molecule has 0 radical (unpaired) electrons. The monoisotopic (exact) mass is 284 g/mol. The molecule has 0 bridgehead atoms. The van der Waals surface area contributed by atoms with Crippen molar-refractivity contribution in [2.75, 3.05) is 22.3 Å². The molecule has 0 amide bonds. The van der Waals surface area contributed by atoms with Gasteiger partial charge in [0, 0.05) is 22.3 Å². The molecular weight excluding hydrogens is 272 g/mol. The van der Waals surface area contributed by atoms with Gasteiger partial charge in [-0.3, -0.25) is 0 Å². The fourth-order valence-electron chi connectivity index (χ4n) is 0.815. The summed E-state index contributed by atoms with van der Waals surface area (Å²) >= 11 is 6.64. The molecule has 2 heterocycles. The van der Waals surface area contributed by atoms with Crippen LogP contribution >= 0.6 is 47.0 Å². The number of thioether (sulfide) groups is 4. The van der Waals surface area contributed by atoms with E-state index in [9.17, 15) is 0 Å². The molecule has 2 N–H and O–H groups in total. The second kappa shape index (κ2) is 8.49. The molecule has 86 valence electrons. The van der Waals surface area contributed by atoms with Crippen molar-refractivity contribution in [1.82, 2.24) is 0 Å². The summed E-state index contributed by atoms with van der Waals surface area (Å²) < 4.78 is 0.816. The second-order valence-corrected chi connectivity index (χ2v) is 7.35. The van der Waals surface area contributed by atoms with Crippen LogP contribution in [-0.4, -0.2) is 42.2 Å². The molecule has 0 aromatic heterocycles. The Kier molecular flexibility index (Phi) is 7.58. The van der Waals surface area contributed by atoms with Gasteiger partial charge < -0.3 is 10.4 Å². The van der Waals surface area contributed by atoms with Crippen LogP contribution in [0.25, 0.3) is 0 Å². The van der Waals surface area contributed by atoms with Crippen LogP contribution in [0.15, 0.2) is 10.3 Å². The number of nitrogens with zero attached hydrogens (tertiary/aromatic N) is 2. The van der Waals surface area contributed by atoms with E-state index in [1.165, 1.54) is 6.42 Å². The number of hydrogen-bond acceptors (Lipinski definition) is 8. The highest BCUT2D eigenvalue weighted by Gasteiger charge is 2.08. The van der Waals surface area contributed by atoms with E-state index in [-0.39, 0.29) is 0 Å². The van der Waals surface area contributed by atoms with Crippen molar-refractivity contribution < 1.29 is 10.4 Å². The van der Waals surface area contributed by atoms with Crippen LogP contribution in [0.2, 0.25) is 0 Å². The molecule has 2 aliphatic rings. The summed E-state index contributed by atoms with van der Waals surface area (Å²) in [6.45, 7) is 0. The van der Waals surface area contributed by atoms with E-state index in [2.05, 4.69) is 10.3 Å². The maximum Gasteiger partial charge on any atom is 0.169 e. The second-order valence-electron chi connectivity index (χ2n) is 2.52. The van der Waals surface area contributed by atoms with Gasteiger partial charge in [0.15, 0.2) is 4.38 Å². The average Bonchev–Trinajstić information content (AvgIpc) is 2.84. The first-order valence-corrected chi connectivity index (χ1v) is 8.37. The molecule has 4 nitrogen and oxygen atoms in total. The van der Waals surface area contributed by atoms with Gasteiger partial charge in [-0.1, -0.05) is 45.6 Å². The zero-order valence-electron chi connectivity index (χ0n) is 7.96. The van der Waals surface area contributed by atoms with Gasteiger partial charge in [-0.05, 0) is 6.42 Å². The van der Waals surface area contributed by atoms with Crippen LogP contribution in [0, 0.1) is 0 Å². The molecule has 2 saturated heterocycles. The third-order valence-corrected chi connectivity index (χ3v) is 6.17. The Labute approximate surface area is 106 Å². The first kappa shape index (κ1) is 13.4. The largest absolute Gasteiger partial charge is 0.410 e. The highest BCUT2D eigenvalue weighted by atomic mass is 32.2. The van der Waals surface area contributed by atoms with Crippen molar-refractivity contribution in [3.63, 3.8) is 0 Å². The zero-order valence-corrected chi connectivity index (χ0v) is 11.2. The summed E-state index contributed by atoms with van der Waals surface area (Å²) in [7, 11) is 0. The lowest BCUT2D eigenvalue weighted by Crippen LogP contribution is -1.98. The molecule has 0 unspecified atom stereocenters. The number of hydrogen-bond donors (Lipinski definition) is 2. The molecule has 0 aromatic rings. The minimum Gasteiger partial charge on any atom is -0.410 e. The van der Waals surface area contributed by atoms with Crippen molar-refractivity contribution in [1.29, 1.82) is 0 Å². The summed E-state index contributed by atoms with van der Waals surface area (Å²) in [5.74, 6) is 3.10. The number of rotatable bonds is 0. The van der Waals surface area contributed by atoms with Crippen LogP contribution in [0.3, 0.4) is 0 Å². The molecule has 2 rings (SSSR count). The third-order valence-electron chi connectivity index (χ3n) is 1.47. The summed E-state index contributed by atoms with van der Waals surface area (Å²) in [5, 5.41) is 24.4. The van der Waals surface area contributed by atoms with Gasteiger partial charge in [0.25, 0.3) is 0 Å². The maximum absolute atomic E-state index is 8.24. The molecule has 0 spiro atoms. The van der Waals surface area contributed by atoms with Crippen molar-refractivity contribution >= 4 is 56.5 Å². The summed E-state index contributed by atoms with van der Waals surface area (Å²) in [5.41, 5.74) is 0. The Morgan fingerprint density at radius 1 is 1.00 bits per heavy atom. The maximum atomic E-state index is 8.24. The molecular formula is C7H12N2O2S4. The van der Waals surface area contributed by atoms with Gasteiger partial charge in [-0.15, -0.1) is 11.8 Å². The van der Waals surface area contributed by atoms with Crippen LogP contribution < -0.4 is 0 Å². The standard InChI is InChI=1S/C4H7NOS2.C3H5NOS2/c6-5-4-7-2-1-3-8-4;5-4-3-1-6-2-7-3/h6H,1-3H2;5H,1-2H2/b;4-3-. The Morgan fingerprint density at radius 2 is 1.73 bits per heavy atom. The van der Waals surface area contributed by atoms with Gasteiger partial charge in [-0.25, -0.2) is 0 Å². The molecule has 15 heavy (non-hydrogen) atoms. The smallest absolute Gasteiger partial charge is 0.169 e. The van der Waals surface area contributed by atoms with Crippen LogP contribution in [0.4, 0.5) is 0 Å². The molecule has 0 aromatic carbocycles. The normalized spacial score (nSPS) is 23.5. The first-order chi connectivity index (χ1) is 7.36. The van der Waals surface area contributed by atoms with E-state index in [0.29, 0.717) is 0 Å². The van der Waals surface area contributed by atoms with Gasteiger partial charge >= 0.3 is 0 Å². The van der Waals surface area contributed by atoms with E-state index in [1.807, 2.05) is 0 Å². The van der Waals surface area contributed by atoms with Crippen LogP contribution in [0.5, 0.6) is 0 Å².